The van der Waals surface area contributed by atoms with E-state index >= 15 is 0 Å². The minimum absolute atomic E-state index is 0.200. The van der Waals surface area contributed by atoms with Crippen LogP contribution in [-0.4, -0.2) is 16.7 Å². The number of benzene rings is 2. The summed E-state index contributed by atoms with van der Waals surface area (Å²) in [5.41, 5.74) is 2.12. The van der Waals surface area contributed by atoms with Gasteiger partial charge in [-0.05, 0) is 30.3 Å². The van der Waals surface area contributed by atoms with Gasteiger partial charge < -0.3 is 4.74 Å². The van der Waals surface area contributed by atoms with Crippen LogP contribution in [0.2, 0.25) is 5.02 Å². The number of methoxy groups -OCH3 is 1. The second-order valence-corrected chi connectivity index (χ2v) is 5.10. The number of ether oxygens (including phenoxy) is 1. The Morgan fingerprint density at radius 1 is 1.29 bits per heavy atom. The summed E-state index contributed by atoms with van der Waals surface area (Å²) in [6, 6.07) is 9.79. The quantitative estimate of drug-likeness (QED) is 0.660. The highest BCUT2D eigenvalue weighted by atomic mass is 35.5. The summed E-state index contributed by atoms with van der Waals surface area (Å²) in [6.45, 7) is 0. The molecule has 3 aromatic rings. The van der Waals surface area contributed by atoms with Crippen molar-refractivity contribution in [2.45, 2.75) is 5.88 Å². The van der Waals surface area contributed by atoms with E-state index in [1.807, 2.05) is 22.8 Å². The van der Waals surface area contributed by atoms with Gasteiger partial charge in [0, 0.05) is 0 Å². The molecule has 0 aliphatic rings. The predicted octanol–water partition coefficient (Wildman–Crippen LogP) is 4.57. The summed E-state index contributed by atoms with van der Waals surface area (Å²) < 4.78 is 20.4. The van der Waals surface area contributed by atoms with Gasteiger partial charge >= 0.3 is 0 Å². The molecule has 1 heterocycles. The molecule has 0 aliphatic heterocycles. The number of halogens is 3. The number of alkyl halides is 1. The first-order valence-corrected chi connectivity index (χ1v) is 7.12. The highest BCUT2D eigenvalue weighted by molar-refractivity contribution is 6.32. The van der Waals surface area contributed by atoms with Gasteiger partial charge in [-0.15, -0.1) is 11.6 Å². The predicted molar refractivity (Wildman–Crippen MR) is 82.1 cm³/mol. The van der Waals surface area contributed by atoms with Crippen molar-refractivity contribution in [1.29, 1.82) is 0 Å². The van der Waals surface area contributed by atoms with Gasteiger partial charge in [0.2, 0.25) is 0 Å². The average Bonchev–Trinajstić information content (AvgIpc) is 2.85. The van der Waals surface area contributed by atoms with Gasteiger partial charge in [0.1, 0.15) is 22.9 Å². The van der Waals surface area contributed by atoms with Gasteiger partial charge in [-0.2, -0.15) is 0 Å². The first-order valence-electron chi connectivity index (χ1n) is 6.21. The monoisotopic (exact) mass is 324 g/mol. The standard InChI is InChI=1S/C15H11Cl2FN2O/c1-21-13-4-2-3-12-15(13)19-14(8-16)20(12)11-6-5-9(18)7-10(11)17/h2-7H,8H2,1H3. The molecule has 0 spiro atoms. The molecular formula is C15H11Cl2FN2O. The number of aromatic nitrogens is 2. The van der Waals surface area contributed by atoms with Crippen molar-refractivity contribution in [2.24, 2.45) is 0 Å². The van der Waals surface area contributed by atoms with E-state index in [2.05, 4.69) is 4.98 Å². The molecule has 108 valence electrons. The van der Waals surface area contributed by atoms with E-state index in [0.717, 1.165) is 5.52 Å². The Kier molecular flexibility index (Phi) is 3.74. The van der Waals surface area contributed by atoms with Crippen molar-refractivity contribution < 1.29 is 9.13 Å². The van der Waals surface area contributed by atoms with Crippen molar-refractivity contribution in [3.8, 4) is 11.4 Å². The summed E-state index contributed by atoms with van der Waals surface area (Å²) in [5.74, 6) is 1.07. The number of rotatable bonds is 3. The van der Waals surface area contributed by atoms with Crippen molar-refractivity contribution in [1.82, 2.24) is 9.55 Å². The van der Waals surface area contributed by atoms with Crippen LogP contribution < -0.4 is 4.74 Å². The highest BCUT2D eigenvalue weighted by Gasteiger charge is 2.16. The maximum atomic E-state index is 13.2. The first kappa shape index (κ1) is 14.2. The molecule has 1 aromatic heterocycles. The molecule has 3 nitrogen and oxygen atoms in total. The fraction of sp³-hybridized carbons (Fsp3) is 0.133. The summed E-state index contributed by atoms with van der Waals surface area (Å²) in [5, 5.41) is 0.295. The number of imidazole rings is 1. The summed E-state index contributed by atoms with van der Waals surface area (Å²) in [6.07, 6.45) is 0. The van der Waals surface area contributed by atoms with Crippen LogP contribution in [0.5, 0.6) is 5.75 Å². The second-order valence-electron chi connectivity index (χ2n) is 4.42. The van der Waals surface area contributed by atoms with E-state index in [-0.39, 0.29) is 5.88 Å². The minimum Gasteiger partial charge on any atom is -0.494 e. The van der Waals surface area contributed by atoms with Gasteiger partial charge in [-0.3, -0.25) is 4.57 Å². The van der Waals surface area contributed by atoms with E-state index in [9.17, 15) is 4.39 Å². The van der Waals surface area contributed by atoms with Crippen LogP contribution in [0, 0.1) is 5.82 Å². The van der Waals surface area contributed by atoms with Crippen LogP contribution in [0.15, 0.2) is 36.4 Å². The van der Waals surface area contributed by atoms with E-state index in [1.54, 1.807) is 13.2 Å². The lowest BCUT2D eigenvalue weighted by atomic mass is 10.2. The zero-order valence-electron chi connectivity index (χ0n) is 11.1. The van der Waals surface area contributed by atoms with E-state index in [1.165, 1.54) is 12.1 Å². The third-order valence-electron chi connectivity index (χ3n) is 3.21. The van der Waals surface area contributed by atoms with Crippen LogP contribution in [0.3, 0.4) is 0 Å². The number of hydrogen-bond acceptors (Lipinski definition) is 2. The maximum Gasteiger partial charge on any atom is 0.146 e. The maximum absolute atomic E-state index is 13.2. The molecule has 0 aliphatic carbocycles. The average molecular weight is 325 g/mol. The third-order valence-corrected chi connectivity index (χ3v) is 3.75. The summed E-state index contributed by atoms with van der Waals surface area (Å²) in [4.78, 5) is 4.50. The molecule has 0 saturated heterocycles. The molecule has 0 fully saturated rings. The number of para-hydroxylation sites is 1. The smallest absolute Gasteiger partial charge is 0.146 e. The fourth-order valence-electron chi connectivity index (χ4n) is 2.31. The Morgan fingerprint density at radius 3 is 2.76 bits per heavy atom. The SMILES string of the molecule is COc1cccc2c1nc(CCl)n2-c1ccc(F)cc1Cl. The molecule has 3 rings (SSSR count). The Morgan fingerprint density at radius 2 is 2.10 bits per heavy atom. The molecule has 0 N–H and O–H groups in total. The molecule has 0 amide bonds. The lowest BCUT2D eigenvalue weighted by Crippen LogP contribution is -2.00. The van der Waals surface area contributed by atoms with Gasteiger partial charge in [0.25, 0.3) is 0 Å². The summed E-state index contributed by atoms with van der Waals surface area (Å²) in [7, 11) is 1.58. The number of hydrogen-bond donors (Lipinski definition) is 0. The van der Waals surface area contributed by atoms with Crippen LogP contribution in [0.25, 0.3) is 16.7 Å². The normalized spacial score (nSPS) is 11.0. The largest absolute Gasteiger partial charge is 0.494 e. The van der Waals surface area contributed by atoms with Gasteiger partial charge in [-0.25, -0.2) is 9.37 Å². The van der Waals surface area contributed by atoms with Gasteiger partial charge in [0.15, 0.2) is 0 Å². The number of fused-ring (bicyclic) bond motifs is 1. The fourth-order valence-corrected chi connectivity index (χ4v) is 2.74. The van der Waals surface area contributed by atoms with E-state index < -0.39 is 5.82 Å². The molecule has 0 radical (unpaired) electrons. The van der Waals surface area contributed by atoms with Gasteiger partial charge in [0.05, 0.1) is 29.2 Å². The molecule has 6 heteroatoms. The third kappa shape index (κ3) is 2.34. The molecular weight excluding hydrogens is 314 g/mol. The molecule has 0 atom stereocenters. The minimum atomic E-state index is -0.391. The molecule has 21 heavy (non-hydrogen) atoms. The molecule has 0 bridgehead atoms. The topological polar surface area (TPSA) is 27.1 Å². The van der Waals surface area contributed by atoms with Crippen LogP contribution in [-0.2, 0) is 5.88 Å². The van der Waals surface area contributed by atoms with E-state index in [0.29, 0.717) is 27.8 Å². The second kappa shape index (κ2) is 5.54. The molecule has 0 unspecified atom stereocenters. The highest BCUT2D eigenvalue weighted by Crippen LogP contribution is 2.32. The van der Waals surface area contributed by atoms with Crippen LogP contribution >= 0.6 is 23.2 Å². The van der Waals surface area contributed by atoms with Crippen LogP contribution in [0.4, 0.5) is 4.39 Å². The van der Waals surface area contributed by atoms with E-state index in [4.69, 9.17) is 27.9 Å². The van der Waals surface area contributed by atoms with Crippen molar-refractivity contribution >= 4 is 34.2 Å². The summed E-state index contributed by atoms with van der Waals surface area (Å²) >= 11 is 12.2. The van der Waals surface area contributed by atoms with Crippen LogP contribution in [0.1, 0.15) is 5.82 Å². The molecule has 2 aromatic carbocycles. The Balaban J connectivity index is 2.35. The van der Waals surface area contributed by atoms with Crippen molar-refractivity contribution in [3.63, 3.8) is 0 Å². The Bertz CT molecular complexity index is 817. The Labute approximate surface area is 130 Å². The Hall–Kier alpha value is -1.78. The number of nitrogens with zero attached hydrogens (tertiary/aromatic N) is 2. The lowest BCUT2D eigenvalue weighted by molar-refractivity contribution is 0.419. The van der Waals surface area contributed by atoms with Gasteiger partial charge in [-0.1, -0.05) is 17.7 Å². The molecule has 0 saturated carbocycles. The zero-order valence-corrected chi connectivity index (χ0v) is 12.6. The lowest BCUT2D eigenvalue weighted by Gasteiger charge is -2.10. The zero-order chi connectivity index (χ0) is 15.0. The first-order chi connectivity index (χ1) is 10.2. The van der Waals surface area contributed by atoms with Crippen molar-refractivity contribution in [2.75, 3.05) is 7.11 Å². The van der Waals surface area contributed by atoms with Crippen molar-refractivity contribution in [3.05, 3.63) is 53.1 Å².